The lowest BCUT2D eigenvalue weighted by Crippen LogP contribution is -2.51. The third-order valence-corrected chi connectivity index (χ3v) is 5.52. The van der Waals surface area contributed by atoms with E-state index in [-0.39, 0.29) is 18.1 Å². The van der Waals surface area contributed by atoms with Gasteiger partial charge >= 0.3 is 0 Å². The average molecular weight is 324 g/mol. The fraction of sp³-hybridized carbons (Fsp3) is 0.944. The standard InChI is InChI=1S/C18H32N2O3/c1-15(23-14-17-8-2-5-12-22-17)18(21)20-11-6-7-16(13-20)19-9-3-4-10-19/h15-17H,2-14H2,1H3. The molecule has 0 spiro atoms. The molecule has 132 valence electrons. The van der Waals surface area contributed by atoms with Gasteiger partial charge in [-0.2, -0.15) is 0 Å². The van der Waals surface area contributed by atoms with Crippen LogP contribution >= 0.6 is 0 Å². The van der Waals surface area contributed by atoms with Crippen LogP contribution in [0.2, 0.25) is 0 Å². The second kappa shape index (κ2) is 8.45. The Balaban J connectivity index is 1.44. The Hall–Kier alpha value is -0.650. The highest BCUT2D eigenvalue weighted by atomic mass is 16.5. The highest BCUT2D eigenvalue weighted by molar-refractivity contribution is 5.80. The van der Waals surface area contributed by atoms with Gasteiger partial charge in [-0.25, -0.2) is 0 Å². The summed E-state index contributed by atoms with van der Waals surface area (Å²) < 4.78 is 11.5. The van der Waals surface area contributed by atoms with Crippen LogP contribution in [0.4, 0.5) is 0 Å². The second-order valence-electron chi connectivity index (χ2n) is 7.29. The summed E-state index contributed by atoms with van der Waals surface area (Å²) in [4.78, 5) is 17.3. The summed E-state index contributed by atoms with van der Waals surface area (Å²) in [6.07, 6.45) is 8.21. The number of piperidine rings is 1. The summed E-state index contributed by atoms with van der Waals surface area (Å²) in [5, 5.41) is 0. The lowest BCUT2D eigenvalue weighted by Gasteiger charge is -2.38. The largest absolute Gasteiger partial charge is 0.376 e. The molecule has 1 amide bonds. The Bertz CT molecular complexity index is 378. The van der Waals surface area contributed by atoms with E-state index in [2.05, 4.69) is 4.90 Å². The van der Waals surface area contributed by atoms with Crippen molar-refractivity contribution in [3.05, 3.63) is 0 Å². The van der Waals surface area contributed by atoms with Gasteiger partial charge in [-0.15, -0.1) is 0 Å². The maximum Gasteiger partial charge on any atom is 0.251 e. The number of amides is 1. The van der Waals surface area contributed by atoms with E-state index >= 15 is 0 Å². The monoisotopic (exact) mass is 324 g/mol. The van der Waals surface area contributed by atoms with Crippen LogP contribution in [-0.4, -0.2) is 73.3 Å². The Labute approximate surface area is 140 Å². The molecule has 5 heteroatoms. The number of hydrogen-bond donors (Lipinski definition) is 0. The first-order chi connectivity index (χ1) is 11.2. The molecule has 0 N–H and O–H groups in total. The average Bonchev–Trinajstić information content (AvgIpc) is 3.15. The van der Waals surface area contributed by atoms with Crippen LogP contribution in [0.1, 0.15) is 51.9 Å². The van der Waals surface area contributed by atoms with Crippen molar-refractivity contribution >= 4 is 5.91 Å². The van der Waals surface area contributed by atoms with Gasteiger partial charge in [-0.1, -0.05) is 0 Å². The van der Waals surface area contributed by atoms with E-state index in [0.29, 0.717) is 12.6 Å². The maximum absolute atomic E-state index is 12.7. The molecule has 3 saturated heterocycles. The van der Waals surface area contributed by atoms with Crippen molar-refractivity contribution in [2.24, 2.45) is 0 Å². The molecule has 3 aliphatic rings. The molecule has 0 radical (unpaired) electrons. The Kier molecular flexibility index (Phi) is 6.31. The smallest absolute Gasteiger partial charge is 0.251 e. The van der Waals surface area contributed by atoms with Crippen LogP contribution in [0.25, 0.3) is 0 Å². The zero-order chi connectivity index (χ0) is 16.1. The number of hydrogen-bond acceptors (Lipinski definition) is 4. The molecular weight excluding hydrogens is 292 g/mol. The summed E-state index contributed by atoms with van der Waals surface area (Å²) in [5.41, 5.74) is 0. The first kappa shape index (κ1) is 17.2. The molecule has 5 nitrogen and oxygen atoms in total. The van der Waals surface area contributed by atoms with E-state index in [9.17, 15) is 4.79 Å². The van der Waals surface area contributed by atoms with E-state index in [0.717, 1.165) is 39.0 Å². The zero-order valence-electron chi connectivity index (χ0n) is 14.5. The van der Waals surface area contributed by atoms with Crippen molar-refractivity contribution < 1.29 is 14.3 Å². The third kappa shape index (κ3) is 4.68. The minimum Gasteiger partial charge on any atom is -0.376 e. The summed E-state index contributed by atoms with van der Waals surface area (Å²) in [6.45, 7) is 7.46. The molecule has 23 heavy (non-hydrogen) atoms. The molecule has 3 atom stereocenters. The zero-order valence-corrected chi connectivity index (χ0v) is 14.5. The molecule has 3 fully saturated rings. The van der Waals surface area contributed by atoms with Crippen LogP contribution in [0, 0.1) is 0 Å². The van der Waals surface area contributed by atoms with Gasteiger partial charge in [0.2, 0.25) is 0 Å². The molecule has 0 bridgehead atoms. The fourth-order valence-corrected chi connectivity index (χ4v) is 4.08. The predicted octanol–water partition coefficient (Wildman–Crippen LogP) is 2.05. The van der Waals surface area contributed by atoms with Crippen molar-refractivity contribution in [1.29, 1.82) is 0 Å². The molecule has 0 aromatic carbocycles. The molecule has 0 aliphatic carbocycles. The maximum atomic E-state index is 12.7. The summed E-state index contributed by atoms with van der Waals surface area (Å²) >= 11 is 0. The van der Waals surface area contributed by atoms with Crippen molar-refractivity contribution in [3.63, 3.8) is 0 Å². The van der Waals surface area contributed by atoms with Crippen LogP contribution in [0.15, 0.2) is 0 Å². The Morgan fingerprint density at radius 2 is 1.96 bits per heavy atom. The SMILES string of the molecule is CC(OCC1CCCCO1)C(=O)N1CCCC(N2CCCC2)C1. The van der Waals surface area contributed by atoms with Gasteiger partial charge < -0.3 is 14.4 Å². The summed E-state index contributed by atoms with van der Waals surface area (Å²) in [7, 11) is 0. The van der Waals surface area contributed by atoms with Crippen molar-refractivity contribution in [1.82, 2.24) is 9.80 Å². The van der Waals surface area contributed by atoms with E-state index in [4.69, 9.17) is 9.47 Å². The number of rotatable bonds is 5. The normalized spacial score (nSPS) is 31.3. The fourth-order valence-electron chi connectivity index (χ4n) is 4.08. The van der Waals surface area contributed by atoms with Crippen molar-refractivity contribution in [2.75, 3.05) is 39.4 Å². The van der Waals surface area contributed by atoms with E-state index < -0.39 is 0 Å². The molecule has 0 aromatic heterocycles. The molecule has 0 aromatic rings. The van der Waals surface area contributed by atoms with Crippen LogP contribution < -0.4 is 0 Å². The van der Waals surface area contributed by atoms with E-state index in [1.54, 1.807) is 0 Å². The van der Waals surface area contributed by atoms with Crippen LogP contribution in [-0.2, 0) is 14.3 Å². The highest BCUT2D eigenvalue weighted by Crippen LogP contribution is 2.21. The highest BCUT2D eigenvalue weighted by Gasteiger charge is 2.31. The van der Waals surface area contributed by atoms with Crippen LogP contribution in [0.3, 0.4) is 0 Å². The summed E-state index contributed by atoms with van der Waals surface area (Å²) in [5.74, 6) is 0.157. The summed E-state index contributed by atoms with van der Waals surface area (Å²) in [6, 6.07) is 0.559. The third-order valence-electron chi connectivity index (χ3n) is 5.52. The predicted molar refractivity (Wildman–Crippen MR) is 89.4 cm³/mol. The minimum absolute atomic E-state index is 0.157. The van der Waals surface area contributed by atoms with Gasteiger partial charge in [0.15, 0.2) is 0 Å². The molecule has 3 unspecified atom stereocenters. The lowest BCUT2D eigenvalue weighted by molar-refractivity contribution is -0.148. The van der Waals surface area contributed by atoms with Gasteiger partial charge in [0, 0.05) is 25.7 Å². The van der Waals surface area contributed by atoms with Crippen LogP contribution in [0.5, 0.6) is 0 Å². The number of carbonyl (C=O) groups is 1. The van der Waals surface area contributed by atoms with Gasteiger partial charge in [0.25, 0.3) is 5.91 Å². The van der Waals surface area contributed by atoms with Gasteiger partial charge in [-0.3, -0.25) is 9.69 Å². The second-order valence-corrected chi connectivity index (χ2v) is 7.29. The molecule has 3 rings (SSSR count). The number of carbonyl (C=O) groups excluding carboxylic acids is 1. The molecular formula is C18H32N2O3. The first-order valence-corrected chi connectivity index (χ1v) is 9.50. The molecule has 3 heterocycles. The van der Waals surface area contributed by atoms with Crippen molar-refractivity contribution in [3.8, 4) is 0 Å². The number of nitrogens with zero attached hydrogens (tertiary/aromatic N) is 2. The van der Waals surface area contributed by atoms with Gasteiger partial charge in [0.1, 0.15) is 6.10 Å². The number of likely N-dealkylation sites (tertiary alicyclic amines) is 2. The quantitative estimate of drug-likeness (QED) is 0.776. The lowest BCUT2D eigenvalue weighted by atomic mass is 10.0. The topological polar surface area (TPSA) is 42.0 Å². The minimum atomic E-state index is -0.349. The van der Waals surface area contributed by atoms with Crippen molar-refractivity contribution in [2.45, 2.75) is 70.1 Å². The Morgan fingerprint density at radius 3 is 2.70 bits per heavy atom. The molecule has 3 aliphatic heterocycles. The molecule has 0 saturated carbocycles. The Morgan fingerprint density at radius 1 is 1.13 bits per heavy atom. The van der Waals surface area contributed by atoms with E-state index in [1.807, 2.05) is 11.8 Å². The van der Waals surface area contributed by atoms with Gasteiger partial charge in [-0.05, 0) is 65.0 Å². The van der Waals surface area contributed by atoms with Gasteiger partial charge in [0.05, 0.1) is 12.7 Å². The number of ether oxygens (including phenoxy) is 2. The first-order valence-electron chi connectivity index (χ1n) is 9.50. The van der Waals surface area contributed by atoms with E-state index in [1.165, 1.54) is 38.8 Å².